The zero-order valence-electron chi connectivity index (χ0n) is 20.0. The average molecular weight is 557 g/mol. The number of thiazole rings is 1. The molecule has 0 aliphatic heterocycles. The van der Waals surface area contributed by atoms with Crippen molar-refractivity contribution in [3.05, 3.63) is 101 Å². The van der Waals surface area contributed by atoms with Gasteiger partial charge in [0.05, 0.1) is 23.4 Å². The first kappa shape index (κ1) is 26.3. The highest BCUT2D eigenvalue weighted by Crippen LogP contribution is 2.23. The van der Waals surface area contributed by atoms with Gasteiger partial charge in [0, 0.05) is 22.8 Å². The second kappa shape index (κ2) is 10.7. The molecule has 3 aromatic carbocycles. The van der Waals surface area contributed by atoms with Gasteiger partial charge in [0.25, 0.3) is 15.9 Å². The molecule has 2 N–H and O–H groups in total. The molecular weight excluding hydrogens is 532 g/mol. The molecule has 4 rings (SSSR count). The van der Waals surface area contributed by atoms with E-state index in [-0.39, 0.29) is 22.5 Å². The van der Waals surface area contributed by atoms with E-state index in [0.717, 1.165) is 11.8 Å². The van der Waals surface area contributed by atoms with Gasteiger partial charge in [-0.3, -0.25) is 13.8 Å². The van der Waals surface area contributed by atoms with Crippen molar-refractivity contribution in [2.45, 2.75) is 18.4 Å². The van der Waals surface area contributed by atoms with Crippen molar-refractivity contribution in [1.29, 1.82) is 0 Å². The molecule has 0 atom stereocenters. The SMILES string of the molecule is Cc1cccc(N(Cc2ccc(C(=O)Nc3ccc(S(=O)(=O)Nc4nccs4)cc3)cc2)S(C)(=O)=O)c1. The first-order valence-electron chi connectivity index (χ1n) is 11.0. The van der Waals surface area contributed by atoms with Crippen LogP contribution in [0, 0.1) is 6.92 Å². The van der Waals surface area contributed by atoms with Gasteiger partial charge in [0.1, 0.15) is 0 Å². The topological polar surface area (TPSA) is 126 Å². The Morgan fingerprint density at radius 3 is 2.27 bits per heavy atom. The molecule has 4 aromatic rings. The highest BCUT2D eigenvalue weighted by Gasteiger charge is 2.19. The predicted molar refractivity (Wildman–Crippen MR) is 146 cm³/mol. The fourth-order valence-electron chi connectivity index (χ4n) is 3.48. The molecule has 0 saturated carbocycles. The summed E-state index contributed by atoms with van der Waals surface area (Å²) >= 11 is 1.17. The number of hydrogen-bond donors (Lipinski definition) is 2. The lowest BCUT2D eigenvalue weighted by molar-refractivity contribution is 0.102. The monoisotopic (exact) mass is 556 g/mol. The van der Waals surface area contributed by atoms with Crippen LogP contribution in [0.25, 0.3) is 0 Å². The van der Waals surface area contributed by atoms with Crippen LogP contribution in [-0.4, -0.2) is 34.0 Å². The van der Waals surface area contributed by atoms with Crippen molar-refractivity contribution >= 4 is 53.8 Å². The molecule has 0 fully saturated rings. The number of aryl methyl sites for hydroxylation is 1. The fraction of sp³-hybridized carbons (Fsp3) is 0.120. The first-order valence-corrected chi connectivity index (χ1v) is 15.2. The number of rotatable bonds is 9. The van der Waals surface area contributed by atoms with Gasteiger partial charge < -0.3 is 5.32 Å². The number of anilines is 3. The zero-order chi connectivity index (χ0) is 26.6. The van der Waals surface area contributed by atoms with Gasteiger partial charge >= 0.3 is 0 Å². The molecule has 0 saturated heterocycles. The van der Waals surface area contributed by atoms with E-state index in [2.05, 4.69) is 15.0 Å². The Bertz CT molecular complexity index is 1600. The summed E-state index contributed by atoms with van der Waals surface area (Å²) in [7, 11) is -7.32. The number of amides is 1. The molecule has 0 spiro atoms. The maximum absolute atomic E-state index is 12.7. The van der Waals surface area contributed by atoms with Crippen LogP contribution in [0.1, 0.15) is 21.5 Å². The molecule has 0 radical (unpaired) electrons. The Hall–Kier alpha value is -3.74. The smallest absolute Gasteiger partial charge is 0.263 e. The number of benzene rings is 3. The van der Waals surface area contributed by atoms with Crippen LogP contribution in [-0.2, 0) is 26.6 Å². The van der Waals surface area contributed by atoms with Gasteiger partial charge in [-0.15, -0.1) is 11.3 Å². The van der Waals surface area contributed by atoms with Crippen molar-refractivity contribution in [2.75, 3.05) is 20.6 Å². The van der Waals surface area contributed by atoms with Crippen molar-refractivity contribution in [1.82, 2.24) is 4.98 Å². The number of nitrogens with zero attached hydrogens (tertiary/aromatic N) is 2. The lowest BCUT2D eigenvalue weighted by Crippen LogP contribution is -2.29. The summed E-state index contributed by atoms with van der Waals surface area (Å²) in [5, 5.41) is 4.65. The lowest BCUT2D eigenvalue weighted by atomic mass is 10.1. The molecule has 0 bridgehead atoms. The van der Waals surface area contributed by atoms with Crippen molar-refractivity contribution in [3.63, 3.8) is 0 Å². The zero-order valence-corrected chi connectivity index (χ0v) is 22.4. The van der Waals surface area contributed by atoms with Crippen LogP contribution in [0.15, 0.2) is 89.3 Å². The van der Waals surface area contributed by atoms with Crippen LogP contribution in [0.4, 0.5) is 16.5 Å². The fourth-order valence-corrected chi connectivity index (χ4v) is 6.15. The molecule has 0 aliphatic carbocycles. The molecule has 9 nitrogen and oxygen atoms in total. The maximum Gasteiger partial charge on any atom is 0.263 e. The van der Waals surface area contributed by atoms with E-state index in [0.29, 0.717) is 22.5 Å². The second-order valence-electron chi connectivity index (χ2n) is 8.23. The number of carbonyl (C=O) groups excluding carboxylic acids is 1. The van der Waals surface area contributed by atoms with Crippen LogP contribution < -0.4 is 14.3 Å². The molecule has 0 unspecified atom stereocenters. The van der Waals surface area contributed by atoms with Crippen molar-refractivity contribution in [2.24, 2.45) is 0 Å². The number of nitrogens with one attached hydrogen (secondary N) is 2. The largest absolute Gasteiger partial charge is 0.322 e. The lowest BCUT2D eigenvalue weighted by Gasteiger charge is -2.23. The molecule has 192 valence electrons. The minimum atomic E-state index is -3.79. The van der Waals surface area contributed by atoms with E-state index in [1.165, 1.54) is 46.1 Å². The highest BCUT2D eigenvalue weighted by molar-refractivity contribution is 7.93. The number of sulfonamides is 2. The van der Waals surface area contributed by atoms with E-state index in [1.54, 1.807) is 47.8 Å². The van der Waals surface area contributed by atoms with Gasteiger partial charge in [-0.05, 0) is 66.6 Å². The minimum absolute atomic E-state index is 0.0362. The highest BCUT2D eigenvalue weighted by atomic mass is 32.2. The van der Waals surface area contributed by atoms with Crippen LogP contribution >= 0.6 is 11.3 Å². The molecule has 1 amide bonds. The summed E-state index contributed by atoms with van der Waals surface area (Å²) in [6, 6.07) is 19.6. The van der Waals surface area contributed by atoms with E-state index in [1.807, 2.05) is 13.0 Å². The molecule has 1 aromatic heterocycles. The Balaban J connectivity index is 1.43. The minimum Gasteiger partial charge on any atom is -0.322 e. The summed E-state index contributed by atoms with van der Waals surface area (Å²) in [4.78, 5) is 16.6. The van der Waals surface area contributed by atoms with Gasteiger partial charge in [0.2, 0.25) is 10.0 Å². The summed E-state index contributed by atoms with van der Waals surface area (Å²) in [5.74, 6) is -0.387. The van der Waals surface area contributed by atoms with Gasteiger partial charge in [-0.2, -0.15) is 0 Å². The van der Waals surface area contributed by atoms with Gasteiger partial charge in [-0.1, -0.05) is 24.3 Å². The number of carbonyl (C=O) groups is 1. The summed E-state index contributed by atoms with van der Waals surface area (Å²) in [6.45, 7) is 2.01. The Labute approximate surface area is 219 Å². The predicted octanol–water partition coefficient (Wildman–Crippen LogP) is 4.47. The molecule has 12 heteroatoms. The summed E-state index contributed by atoms with van der Waals surface area (Å²) < 4.78 is 53.4. The maximum atomic E-state index is 12.7. The second-order valence-corrected chi connectivity index (χ2v) is 12.7. The molecule has 1 heterocycles. The Morgan fingerprint density at radius 2 is 1.68 bits per heavy atom. The Morgan fingerprint density at radius 1 is 0.973 bits per heavy atom. The third kappa shape index (κ3) is 6.73. The van der Waals surface area contributed by atoms with Crippen LogP contribution in [0.2, 0.25) is 0 Å². The normalized spacial score (nSPS) is 11.6. The number of aromatic nitrogens is 1. The van der Waals surface area contributed by atoms with Crippen LogP contribution in [0.5, 0.6) is 0 Å². The molecular formula is C25H24N4O5S3. The molecule has 37 heavy (non-hydrogen) atoms. The van der Waals surface area contributed by atoms with Crippen LogP contribution in [0.3, 0.4) is 0 Å². The van der Waals surface area contributed by atoms with E-state index in [4.69, 9.17) is 0 Å². The summed E-state index contributed by atoms with van der Waals surface area (Å²) in [6.07, 6.45) is 2.66. The Kier molecular flexibility index (Phi) is 7.62. The standard InChI is InChI=1S/C25H24N4O5S3/c1-18-4-3-5-22(16-18)29(36(2,31)32)17-19-6-8-20(9-7-19)24(30)27-21-10-12-23(13-11-21)37(33,34)28-25-26-14-15-35-25/h3-16H,17H2,1-2H3,(H,26,28)(H,27,30). The van der Waals surface area contributed by atoms with E-state index < -0.39 is 20.0 Å². The quantitative estimate of drug-likeness (QED) is 0.313. The van der Waals surface area contributed by atoms with Crippen molar-refractivity contribution < 1.29 is 21.6 Å². The number of hydrogen-bond acceptors (Lipinski definition) is 7. The van der Waals surface area contributed by atoms with E-state index >= 15 is 0 Å². The first-order chi connectivity index (χ1) is 17.5. The van der Waals surface area contributed by atoms with Gasteiger partial charge in [-0.25, -0.2) is 21.8 Å². The third-order valence-corrected chi connectivity index (χ3v) is 8.62. The van der Waals surface area contributed by atoms with E-state index in [9.17, 15) is 21.6 Å². The third-order valence-electron chi connectivity index (χ3n) is 5.31. The summed E-state index contributed by atoms with van der Waals surface area (Å²) in [5.41, 5.74) is 3.01. The molecule has 0 aliphatic rings. The van der Waals surface area contributed by atoms with Crippen molar-refractivity contribution in [3.8, 4) is 0 Å². The average Bonchev–Trinajstić information content (AvgIpc) is 3.35. The van der Waals surface area contributed by atoms with Gasteiger partial charge in [0.15, 0.2) is 5.13 Å².